The minimum atomic E-state index is -0.329. The highest BCUT2D eigenvalue weighted by molar-refractivity contribution is 5.67. The van der Waals surface area contributed by atoms with Crippen LogP contribution in [-0.2, 0) is 9.47 Å². The zero-order chi connectivity index (χ0) is 23.0. The van der Waals surface area contributed by atoms with Gasteiger partial charge in [-0.15, -0.1) is 0 Å². The number of carbonyl (C=O) groups excluding carboxylic acids is 1. The van der Waals surface area contributed by atoms with Gasteiger partial charge in [0.05, 0.1) is 11.2 Å². The third-order valence-corrected chi connectivity index (χ3v) is 10.0. The number of hydrogen-bond donors (Lipinski definition) is 1. The standard InChI is InChI=1S/C29H37NO3/c1-18-5-6-20(15-19(18)2)24-9-10-25-27(24,3)12-11-22-16-21-7-8-23(32-26(31)30-4)17-28(21)13-14-29(22,25)33-28/h5-6,11,15-16,23-25H,7-10,12-14,17H2,1-4H3,(H,30,31)/t23-,24?,25+,27?,28+,29+/m0/s1. The van der Waals surface area contributed by atoms with Gasteiger partial charge in [0.25, 0.3) is 0 Å². The van der Waals surface area contributed by atoms with Gasteiger partial charge in [-0.2, -0.15) is 0 Å². The van der Waals surface area contributed by atoms with Crippen LogP contribution in [-0.4, -0.2) is 30.4 Å². The summed E-state index contributed by atoms with van der Waals surface area (Å²) in [6.45, 7) is 6.97. The number of fused-ring (bicyclic) bond motifs is 1. The second kappa shape index (κ2) is 7.21. The summed E-state index contributed by atoms with van der Waals surface area (Å²) < 4.78 is 13.0. The fourth-order valence-corrected chi connectivity index (χ4v) is 8.20. The van der Waals surface area contributed by atoms with Gasteiger partial charge in [0.2, 0.25) is 0 Å². The first-order chi connectivity index (χ1) is 15.8. The molecule has 2 unspecified atom stereocenters. The number of nitrogens with one attached hydrogen (secondary N) is 1. The Hall–Kier alpha value is -2.07. The maximum atomic E-state index is 11.9. The summed E-state index contributed by atoms with van der Waals surface area (Å²) in [5.74, 6) is 1.12. The van der Waals surface area contributed by atoms with Crippen molar-refractivity contribution in [2.75, 3.05) is 7.05 Å². The van der Waals surface area contributed by atoms with E-state index in [0.717, 1.165) is 38.5 Å². The Balaban J connectivity index is 1.34. The third-order valence-electron chi connectivity index (χ3n) is 10.0. The maximum Gasteiger partial charge on any atom is 0.407 e. The molecule has 0 radical (unpaired) electrons. The molecule has 2 aliphatic heterocycles. The molecule has 1 aromatic carbocycles. The van der Waals surface area contributed by atoms with Gasteiger partial charge < -0.3 is 14.8 Å². The number of alkyl carbamates (subject to hydrolysis) is 1. The Morgan fingerprint density at radius 2 is 2.00 bits per heavy atom. The summed E-state index contributed by atoms with van der Waals surface area (Å²) in [6, 6.07) is 7.10. The van der Waals surface area contributed by atoms with E-state index in [1.807, 2.05) is 0 Å². The molecule has 3 aliphatic carbocycles. The van der Waals surface area contributed by atoms with Crippen molar-refractivity contribution < 1.29 is 14.3 Å². The predicted molar refractivity (Wildman–Crippen MR) is 129 cm³/mol. The van der Waals surface area contributed by atoms with Crippen LogP contribution in [0.1, 0.15) is 80.9 Å². The predicted octanol–water partition coefficient (Wildman–Crippen LogP) is 6.27. The zero-order valence-electron chi connectivity index (χ0n) is 20.5. The monoisotopic (exact) mass is 447 g/mol. The van der Waals surface area contributed by atoms with E-state index in [1.54, 1.807) is 7.05 Å². The van der Waals surface area contributed by atoms with E-state index in [-0.39, 0.29) is 28.8 Å². The average Bonchev–Trinajstić information content (AvgIpc) is 3.31. The van der Waals surface area contributed by atoms with E-state index in [1.165, 1.54) is 40.7 Å². The van der Waals surface area contributed by atoms with Crippen LogP contribution in [0.5, 0.6) is 0 Å². The summed E-state index contributed by atoms with van der Waals surface area (Å²) in [4.78, 5) is 11.9. The molecule has 3 fully saturated rings. The van der Waals surface area contributed by atoms with Crippen LogP contribution in [0.3, 0.4) is 0 Å². The molecule has 1 saturated heterocycles. The van der Waals surface area contributed by atoms with E-state index >= 15 is 0 Å². The van der Waals surface area contributed by atoms with Crippen molar-refractivity contribution in [2.45, 2.75) is 95.4 Å². The van der Waals surface area contributed by atoms with Gasteiger partial charge in [-0.05, 0) is 104 Å². The molecule has 33 heavy (non-hydrogen) atoms. The Kier molecular flexibility index (Phi) is 4.69. The number of ether oxygens (including phenoxy) is 2. The molecule has 176 valence electrons. The van der Waals surface area contributed by atoms with Gasteiger partial charge in [0, 0.05) is 13.5 Å². The van der Waals surface area contributed by atoms with E-state index in [9.17, 15) is 4.79 Å². The lowest BCUT2D eigenvalue weighted by molar-refractivity contribution is -0.144. The second-order valence-corrected chi connectivity index (χ2v) is 11.6. The topological polar surface area (TPSA) is 47.6 Å². The van der Waals surface area contributed by atoms with Crippen LogP contribution in [0, 0.1) is 25.2 Å². The maximum absolute atomic E-state index is 11.9. The fourth-order valence-electron chi connectivity index (χ4n) is 8.20. The highest BCUT2D eigenvalue weighted by atomic mass is 16.6. The van der Waals surface area contributed by atoms with Gasteiger partial charge in [-0.3, -0.25) is 0 Å². The third kappa shape index (κ3) is 2.95. The number of benzene rings is 1. The van der Waals surface area contributed by atoms with Crippen molar-refractivity contribution in [3.63, 3.8) is 0 Å². The highest BCUT2D eigenvalue weighted by Crippen LogP contribution is 2.69. The molecule has 6 atom stereocenters. The Bertz CT molecular complexity index is 1070. The molecule has 1 amide bonds. The Morgan fingerprint density at radius 1 is 1.15 bits per heavy atom. The number of rotatable bonds is 2. The summed E-state index contributed by atoms with van der Waals surface area (Å²) in [5.41, 5.74) is 6.97. The first kappa shape index (κ1) is 21.5. The van der Waals surface area contributed by atoms with Crippen molar-refractivity contribution in [1.82, 2.24) is 5.32 Å². The highest BCUT2D eigenvalue weighted by Gasteiger charge is 2.66. The van der Waals surface area contributed by atoms with Gasteiger partial charge in [0.1, 0.15) is 6.10 Å². The van der Waals surface area contributed by atoms with E-state index in [2.05, 4.69) is 56.4 Å². The molecule has 2 heterocycles. The second-order valence-electron chi connectivity index (χ2n) is 11.6. The largest absolute Gasteiger partial charge is 0.446 e. The first-order valence-corrected chi connectivity index (χ1v) is 12.9. The Morgan fingerprint density at radius 3 is 2.79 bits per heavy atom. The zero-order valence-corrected chi connectivity index (χ0v) is 20.5. The minimum absolute atomic E-state index is 0.0652. The minimum Gasteiger partial charge on any atom is -0.446 e. The number of carbonyl (C=O) groups is 1. The number of allylic oxidation sites excluding steroid dienone is 1. The van der Waals surface area contributed by atoms with E-state index in [4.69, 9.17) is 9.47 Å². The number of aryl methyl sites for hydroxylation is 2. The molecule has 1 aromatic rings. The van der Waals surface area contributed by atoms with Crippen molar-refractivity contribution >= 4 is 6.09 Å². The van der Waals surface area contributed by atoms with Crippen molar-refractivity contribution in [3.8, 4) is 0 Å². The summed E-state index contributed by atoms with van der Waals surface area (Å²) in [7, 11) is 1.63. The van der Waals surface area contributed by atoms with Crippen molar-refractivity contribution in [2.24, 2.45) is 11.3 Å². The molecule has 4 nitrogen and oxygen atoms in total. The van der Waals surface area contributed by atoms with E-state index < -0.39 is 0 Å². The lowest BCUT2D eigenvalue weighted by Gasteiger charge is -2.54. The van der Waals surface area contributed by atoms with Crippen LogP contribution in [0.15, 0.2) is 41.5 Å². The molecule has 5 aliphatic rings. The molecular weight excluding hydrogens is 410 g/mol. The van der Waals surface area contributed by atoms with Gasteiger partial charge in [-0.25, -0.2) is 4.79 Å². The molecule has 1 N–H and O–H groups in total. The molecule has 2 spiro atoms. The number of hydrogen-bond acceptors (Lipinski definition) is 3. The van der Waals surface area contributed by atoms with Gasteiger partial charge >= 0.3 is 6.09 Å². The number of amides is 1. The molecule has 2 saturated carbocycles. The van der Waals surface area contributed by atoms with Crippen molar-refractivity contribution in [3.05, 3.63) is 58.2 Å². The van der Waals surface area contributed by atoms with Crippen molar-refractivity contribution in [1.29, 1.82) is 0 Å². The van der Waals surface area contributed by atoms with E-state index in [0.29, 0.717) is 11.8 Å². The molecule has 4 heteroatoms. The Labute approximate surface area is 197 Å². The smallest absolute Gasteiger partial charge is 0.407 e. The molecule has 6 rings (SSSR count). The van der Waals surface area contributed by atoms with Gasteiger partial charge in [0.15, 0.2) is 0 Å². The fraction of sp³-hybridized carbons (Fsp3) is 0.621. The SMILES string of the molecule is CNC(=O)O[C@H]1CCC2=CC3=CCC4(C)C(c5ccc(C)c(C)c5)CC[C@H]4[C@@]34CC[C@]2(C1)O4. The average molecular weight is 448 g/mol. The molecular formula is C29H37NO3. The molecule has 0 aromatic heterocycles. The first-order valence-electron chi connectivity index (χ1n) is 12.9. The van der Waals surface area contributed by atoms with Crippen LogP contribution in [0.4, 0.5) is 4.79 Å². The summed E-state index contributed by atoms with van der Waals surface area (Å²) >= 11 is 0. The summed E-state index contributed by atoms with van der Waals surface area (Å²) in [6.07, 6.45) is 13.0. The van der Waals surface area contributed by atoms with Crippen LogP contribution < -0.4 is 5.32 Å². The van der Waals surface area contributed by atoms with Crippen LogP contribution in [0.25, 0.3) is 0 Å². The summed E-state index contributed by atoms with van der Waals surface area (Å²) in [5, 5.41) is 2.61. The normalized spacial score (nSPS) is 40.8. The van der Waals surface area contributed by atoms with Gasteiger partial charge in [-0.1, -0.05) is 37.3 Å². The molecule has 2 bridgehead atoms. The van der Waals surface area contributed by atoms with Crippen LogP contribution >= 0.6 is 0 Å². The van der Waals surface area contributed by atoms with Crippen LogP contribution in [0.2, 0.25) is 0 Å². The quantitative estimate of drug-likeness (QED) is 0.581. The lowest BCUT2D eigenvalue weighted by Crippen LogP contribution is -2.54. The lowest BCUT2D eigenvalue weighted by atomic mass is 9.58.